The van der Waals surface area contributed by atoms with Crippen molar-refractivity contribution >= 4 is 0 Å². The van der Waals surface area contributed by atoms with Gasteiger partial charge in [-0.3, -0.25) is 4.90 Å². The monoisotopic (exact) mass is 198 g/mol. The molecule has 2 heteroatoms. The van der Waals surface area contributed by atoms with E-state index in [2.05, 4.69) is 36.2 Å². The van der Waals surface area contributed by atoms with Crippen LogP contribution in [0.4, 0.5) is 0 Å². The first kappa shape index (κ1) is 13.7. The van der Waals surface area contributed by atoms with E-state index >= 15 is 0 Å². The number of hydrogen-bond acceptors (Lipinski definition) is 2. The minimum Gasteiger partial charge on any atom is -0.312 e. The van der Waals surface area contributed by atoms with Crippen LogP contribution in [0.25, 0.3) is 0 Å². The van der Waals surface area contributed by atoms with Gasteiger partial charge in [-0.05, 0) is 13.3 Å². The summed E-state index contributed by atoms with van der Waals surface area (Å²) in [6, 6.07) is 0.661. The second-order valence-corrected chi connectivity index (χ2v) is 3.49. The lowest BCUT2D eigenvalue weighted by molar-refractivity contribution is 0.226. The maximum Gasteiger partial charge on any atom is 0.0167 e. The van der Waals surface area contributed by atoms with Crippen molar-refractivity contribution in [3.05, 3.63) is 12.2 Å². The van der Waals surface area contributed by atoms with Crippen molar-refractivity contribution in [3.63, 3.8) is 0 Å². The number of rotatable bonds is 3. The van der Waals surface area contributed by atoms with E-state index in [1.54, 1.807) is 0 Å². The summed E-state index contributed by atoms with van der Waals surface area (Å²) in [7, 11) is 0. The summed E-state index contributed by atoms with van der Waals surface area (Å²) in [6.07, 6.45) is 5.67. The molecule has 0 aliphatic carbocycles. The minimum atomic E-state index is 0.661. The quantitative estimate of drug-likeness (QED) is 0.700. The molecule has 1 aliphatic rings. The molecule has 0 saturated carbocycles. The highest BCUT2D eigenvalue weighted by molar-refractivity contribution is 4.86. The minimum absolute atomic E-state index is 0.661. The van der Waals surface area contributed by atoms with Crippen molar-refractivity contribution in [2.75, 3.05) is 26.2 Å². The summed E-state index contributed by atoms with van der Waals surface area (Å²) in [5.74, 6) is 0. The molecule has 0 bridgehead atoms. The molecular formula is C12H26N2. The number of piperazine rings is 1. The summed E-state index contributed by atoms with van der Waals surface area (Å²) in [6.45, 7) is 13.1. The van der Waals surface area contributed by atoms with Gasteiger partial charge in [-0.25, -0.2) is 0 Å². The topological polar surface area (TPSA) is 15.3 Å². The van der Waals surface area contributed by atoms with Crippen LogP contribution in [0.3, 0.4) is 0 Å². The van der Waals surface area contributed by atoms with Crippen molar-refractivity contribution in [3.8, 4) is 0 Å². The van der Waals surface area contributed by atoms with Gasteiger partial charge in [0.25, 0.3) is 0 Å². The molecule has 1 heterocycles. The molecule has 0 amide bonds. The Morgan fingerprint density at radius 1 is 1.36 bits per heavy atom. The predicted octanol–water partition coefficient (Wildman–Crippen LogP) is 2.27. The second-order valence-electron chi connectivity index (χ2n) is 3.49. The molecule has 0 spiro atoms. The molecule has 84 valence electrons. The second kappa shape index (κ2) is 9.22. The van der Waals surface area contributed by atoms with Crippen LogP contribution in [-0.4, -0.2) is 37.1 Å². The highest BCUT2D eigenvalue weighted by Gasteiger charge is 2.13. The van der Waals surface area contributed by atoms with Gasteiger partial charge in [0.15, 0.2) is 0 Å². The van der Waals surface area contributed by atoms with Gasteiger partial charge in [0.1, 0.15) is 0 Å². The van der Waals surface area contributed by atoms with Crippen molar-refractivity contribution in [2.45, 2.75) is 40.2 Å². The maximum atomic E-state index is 3.44. The Morgan fingerprint density at radius 3 is 2.64 bits per heavy atom. The zero-order valence-corrected chi connectivity index (χ0v) is 10.2. The first-order valence-electron chi connectivity index (χ1n) is 5.93. The Kier molecular flexibility index (Phi) is 9.00. The number of hydrogen-bond donors (Lipinski definition) is 1. The van der Waals surface area contributed by atoms with Crippen LogP contribution in [0.2, 0.25) is 0 Å². The van der Waals surface area contributed by atoms with Gasteiger partial charge in [0.05, 0.1) is 0 Å². The Hall–Kier alpha value is -0.340. The molecular weight excluding hydrogens is 172 g/mol. The summed E-state index contributed by atoms with van der Waals surface area (Å²) in [5, 5.41) is 3.44. The van der Waals surface area contributed by atoms with E-state index in [9.17, 15) is 0 Å². The lowest BCUT2D eigenvalue weighted by atomic mass is 10.2. The molecule has 1 fully saturated rings. The van der Waals surface area contributed by atoms with Gasteiger partial charge in [0, 0.05) is 32.2 Å². The van der Waals surface area contributed by atoms with Crippen molar-refractivity contribution in [1.29, 1.82) is 0 Å². The third-order valence-corrected chi connectivity index (χ3v) is 2.22. The van der Waals surface area contributed by atoms with E-state index < -0.39 is 0 Å². The van der Waals surface area contributed by atoms with E-state index in [4.69, 9.17) is 0 Å². The average Bonchev–Trinajstić information content (AvgIpc) is 2.21. The molecule has 0 aromatic carbocycles. The van der Waals surface area contributed by atoms with Crippen molar-refractivity contribution in [2.24, 2.45) is 0 Å². The van der Waals surface area contributed by atoms with E-state index in [0.717, 1.165) is 19.5 Å². The van der Waals surface area contributed by atoms with Gasteiger partial charge in [-0.15, -0.1) is 0 Å². The van der Waals surface area contributed by atoms with E-state index in [0.29, 0.717) is 6.04 Å². The van der Waals surface area contributed by atoms with Crippen LogP contribution < -0.4 is 5.32 Å². The van der Waals surface area contributed by atoms with Crippen LogP contribution in [0, 0.1) is 0 Å². The summed E-state index contributed by atoms with van der Waals surface area (Å²) >= 11 is 0. The number of nitrogens with zero attached hydrogens (tertiary/aromatic N) is 1. The SMILES string of the molecule is CC.CC/C=C/CN1CCN[C@@H](C)C1. The summed E-state index contributed by atoms with van der Waals surface area (Å²) in [5.41, 5.74) is 0. The fraction of sp³-hybridized carbons (Fsp3) is 0.833. The van der Waals surface area contributed by atoms with Gasteiger partial charge in [0.2, 0.25) is 0 Å². The lowest BCUT2D eigenvalue weighted by Crippen LogP contribution is -2.49. The molecule has 1 rings (SSSR count). The molecule has 1 atom stereocenters. The Labute approximate surface area is 89.4 Å². The zero-order valence-electron chi connectivity index (χ0n) is 10.2. The average molecular weight is 198 g/mol. The molecule has 14 heavy (non-hydrogen) atoms. The summed E-state index contributed by atoms with van der Waals surface area (Å²) < 4.78 is 0. The number of allylic oxidation sites excluding steroid dienone is 1. The van der Waals surface area contributed by atoms with Crippen LogP contribution in [-0.2, 0) is 0 Å². The van der Waals surface area contributed by atoms with Gasteiger partial charge >= 0.3 is 0 Å². The first-order valence-corrected chi connectivity index (χ1v) is 5.93. The van der Waals surface area contributed by atoms with Gasteiger partial charge < -0.3 is 5.32 Å². The smallest absolute Gasteiger partial charge is 0.0167 e. The third kappa shape index (κ3) is 6.17. The maximum absolute atomic E-state index is 3.44. The third-order valence-electron chi connectivity index (χ3n) is 2.22. The van der Waals surface area contributed by atoms with Crippen LogP contribution >= 0.6 is 0 Å². The predicted molar refractivity (Wildman–Crippen MR) is 64.7 cm³/mol. The van der Waals surface area contributed by atoms with E-state index in [1.807, 2.05) is 13.8 Å². The fourth-order valence-corrected chi connectivity index (χ4v) is 1.57. The molecule has 2 nitrogen and oxygen atoms in total. The fourth-order valence-electron chi connectivity index (χ4n) is 1.57. The standard InChI is InChI=1S/C10H20N2.C2H6/c1-3-4-5-7-12-8-6-11-10(2)9-12;1-2/h4-5,10-11H,3,6-9H2,1-2H3;1-2H3/b5-4+;/t10-;/m0./s1. The molecule has 1 saturated heterocycles. The van der Waals surface area contributed by atoms with Gasteiger partial charge in [-0.2, -0.15) is 0 Å². The normalized spacial score (nSPS) is 23.3. The Balaban J connectivity index is 0.000000791. The van der Waals surface area contributed by atoms with Gasteiger partial charge in [-0.1, -0.05) is 32.9 Å². The van der Waals surface area contributed by atoms with Crippen molar-refractivity contribution in [1.82, 2.24) is 10.2 Å². The highest BCUT2D eigenvalue weighted by atomic mass is 15.2. The summed E-state index contributed by atoms with van der Waals surface area (Å²) in [4.78, 5) is 2.49. The molecule has 1 aliphatic heterocycles. The largest absolute Gasteiger partial charge is 0.312 e. The lowest BCUT2D eigenvalue weighted by Gasteiger charge is -2.30. The molecule has 0 radical (unpaired) electrons. The van der Waals surface area contributed by atoms with E-state index in [-0.39, 0.29) is 0 Å². The van der Waals surface area contributed by atoms with Crippen LogP contribution in [0.5, 0.6) is 0 Å². The highest BCUT2D eigenvalue weighted by Crippen LogP contribution is 1.98. The van der Waals surface area contributed by atoms with Crippen LogP contribution in [0.15, 0.2) is 12.2 Å². The zero-order chi connectivity index (χ0) is 10.8. The Morgan fingerprint density at radius 2 is 2.07 bits per heavy atom. The van der Waals surface area contributed by atoms with Crippen LogP contribution in [0.1, 0.15) is 34.1 Å². The first-order chi connectivity index (χ1) is 6.83. The Bertz CT molecular complexity index is 143. The molecule has 0 unspecified atom stereocenters. The molecule has 1 N–H and O–H groups in total. The molecule has 0 aromatic heterocycles. The molecule has 0 aromatic rings. The van der Waals surface area contributed by atoms with Crippen molar-refractivity contribution < 1.29 is 0 Å². The number of nitrogens with one attached hydrogen (secondary N) is 1. The van der Waals surface area contributed by atoms with E-state index in [1.165, 1.54) is 13.1 Å².